The molecule has 2 amide bonds. The average molecular weight is 886 g/mol. The lowest BCUT2D eigenvalue weighted by atomic mass is 10.0. The van der Waals surface area contributed by atoms with Crippen molar-refractivity contribution in [3.63, 3.8) is 0 Å². The highest BCUT2D eigenvalue weighted by molar-refractivity contribution is 5.80. The number of carbonyl (C=O) groups is 7. The summed E-state index contributed by atoms with van der Waals surface area (Å²) in [6, 6.07) is -0.718. The van der Waals surface area contributed by atoms with Gasteiger partial charge in [0.2, 0.25) is 11.8 Å². The minimum absolute atomic E-state index is 0.00248. The summed E-state index contributed by atoms with van der Waals surface area (Å²) in [6.45, 7) is 9.36. The summed E-state index contributed by atoms with van der Waals surface area (Å²) in [5.41, 5.74) is 0. The molecule has 0 aliphatic carbocycles. The number of ketones is 4. The Hall–Kier alpha value is -3.11. The lowest BCUT2D eigenvalue weighted by molar-refractivity contribution is -0.139. The summed E-state index contributed by atoms with van der Waals surface area (Å²) in [5, 5.41) is 17.0. The van der Waals surface area contributed by atoms with Crippen LogP contribution in [0.25, 0.3) is 0 Å². The minimum Gasteiger partial charge on any atom is -0.480 e. The topological polar surface area (TPSA) is 213 Å². The lowest BCUT2D eigenvalue weighted by Crippen LogP contribution is -2.34. The van der Waals surface area contributed by atoms with Gasteiger partial charge in [0.25, 0.3) is 0 Å². The molecule has 4 N–H and O–H groups in total. The highest BCUT2D eigenvalue weighted by Crippen LogP contribution is 2.14. The van der Waals surface area contributed by atoms with Crippen LogP contribution in [0.5, 0.6) is 0 Å². The third kappa shape index (κ3) is 47.9. The van der Waals surface area contributed by atoms with Gasteiger partial charge in [0, 0.05) is 51.3 Å². The number of likely N-dealkylation sites (N-methyl/N-ethyl adjacent to an activating group) is 1. The van der Waals surface area contributed by atoms with Gasteiger partial charge in [-0.25, -0.2) is 0 Å². The number of nitrogens with one attached hydrogen (secondary N) is 3. The second kappa shape index (κ2) is 45.9. The van der Waals surface area contributed by atoms with Crippen LogP contribution in [-0.4, -0.2) is 125 Å². The molecule has 0 heterocycles. The molecule has 0 spiro atoms. The van der Waals surface area contributed by atoms with Crippen molar-refractivity contribution in [2.24, 2.45) is 5.92 Å². The second-order valence-corrected chi connectivity index (χ2v) is 16.3. The Morgan fingerprint density at radius 3 is 1.34 bits per heavy atom. The number of amides is 2. The molecule has 0 aliphatic heterocycles. The van der Waals surface area contributed by atoms with Gasteiger partial charge in [-0.05, 0) is 66.3 Å². The van der Waals surface area contributed by atoms with Crippen molar-refractivity contribution in [3.8, 4) is 0 Å². The number of aliphatic carboxylic acids is 1. The quantitative estimate of drug-likeness (QED) is 0.0460. The van der Waals surface area contributed by atoms with Crippen molar-refractivity contribution in [2.75, 3.05) is 73.0 Å². The predicted molar refractivity (Wildman–Crippen MR) is 242 cm³/mol. The molecule has 15 heteroatoms. The largest absolute Gasteiger partial charge is 0.480 e. The number of Topliss-reactive ketones (excluding diaryl/α,β-unsaturated/α-hetero) is 4. The first kappa shape index (κ1) is 61.0. The zero-order valence-electron chi connectivity index (χ0n) is 39.4. The zero-order valence-corrected chi connectivity index (χ0v) is 39.4. The molecule has 0 radical (unpaired) electrons. The predicted octanol–water partition coefficient (Wildman–Crippen LogP) is 6.89. The molecule has 362 valence electrons. The summed E-state index contributed by atoms with van der Waals surface area (Å²) in [5.74, 6) is -0.533. The van der Waals surface area contributed by atoms with Crippen LogP contribution < -0.4 is 16.0 Å². The lowest BCUT2D eigenvalue weighted by Gasteiger charge is -2.10. The van der Waals surface area contributed by atoms with E-state index in [1.54, 1.807) is 27.8 Å². The van der Waals surface area contributed by atoms with E-state index in [1.807, 2.05) is 6.92 Å². The SMILES string of the molecule is CC(=O)CCCCCCCCCCCCCCCCC(C)=O.CN[C@@H](CCC(=O)CCCOCCOCC(=O)NCCOCCOCC(=O)NCCCC[C@H](C)C(C)=O)C(=O)O. The van der Waals surface area contributed by atoms with Crippen LogP contribution in [-0.2, 0) is 52.5 Å². The molecule has 0 aliphatic rings. The maximum absolute atomic E-state index is 11.8. The van der Waals surface area contributed by atoms with Crippen LogP contribution in [0.1, 0.15) is 175 Å². The standard InChI is InChI=1S/C27H49N3O10.C20H38O2/c1-21(22(2)31)7-4-5-11-29-25(33)19-40-18-16-38-14-12-30-26(34)20-39-17-15-37-13-6-8-23(32)9-10-24(28-3)27(35)36;1-19(21)17-15-13-11-9-7-5-3-4-6-8-10-12-14-16-18-20(2)22/h21,24,28H,4-20H2,1-3H3,(H,29,33)(H,30,34)(H,35,36);3-18H2,1-2H3/t21-,24-;/m0./s1. The highest BCUT2D eigenvalue weighted by Gasteiger charge is 2.16. The number of unbranched alkanes of at least 4 members (excludes halogenated alkanes) is 14. The van der Waals surface area contributed by atoms with Crippen LogP contribution in [0.4, 0.5) is 0 Å². The van der Waals surface area contributed by atoms with E-state index in [-0.39, 0.29) is 68.6 Å². The van der Waals surface area contributed by atoms with E-state index in [9.17, 15) is 33.6 Å². The fourth-order valence-corrected chi connectivity index (χ4v) is 6.20. The molecule has 0 saturated carbocycles. The van der Waals surface area contributed by atoms with Crippen LogP contribution in [0.15, 0.2) is 0 Å². The maximum atomic E-state index is 11.8. The Morgan fingerprint density at radius 2 is 0.903 bits per heavy atom. The molecule has 15 nitrogen and oxygen atoms in total. The molecule has 0 saturated heterocycles. The van der Waals surface area contributed by atoms with Gasteiger partial charge >= 0.3 is 5.97 Å². The van der Waals surface area contributed by atoms with Crippen LogP contribution in [0.2, 0.25) is 0 Å². The summed E-state index contributed by atoms with van der Waals surface area (Å²) >= 11 is 0. The van der Waals surface area contributed by atoms with Crippen molar-refractivity contribution in [2.45, 2.75) is 181 Å². The maximum Gasteiger partial charge on any atom is 0.320 e. The Kier molecular flexibility index (Phi) is 45.1. The third-order valence-corrected chi connectivity index (χ3v) is 10.3. The van der Waals surface area contributed by atoms with E-state index in [4.69, 9.17) is 24.1 Å². The van der Waals surface area contributed by atoms with E-state index < -0.39 is 12.0 Å². The molecule has 0 aromatic carbocycles. The first-order valence-corrected chi connectivity index (χ1v) is 23.6. The summed E-state index contributed by atoms with van der Waals surface area (Å²) in [6.07, 6.45) is 23.6. The van der Waals surface area contributed by atoms with E-state index in [2.05, 4.69) is 16.0 Å². The Balaban J connectivity index is 0. The molecule has 62 heavy (non-hydrogen) atoms. The third-order valence-electron chi connectivity index (χ3n) is 10.3. The number of ether oxygens (including phenoxy) is 4. The van der Waals surface area contributed by atoms with Crippen molar-refractivity contribution in [1.82, 2.24) is 16.0 Å². The van der Waals surface area contributed by atoms with Crippen molar-refractivity contribution in [3.05, 3.63) is 0 Å². The van der Waals surface area contributed by atoms with Gasteiger partial charge in [0.15, 0.2) is 0 Å². The summed E-state index contributed by atoms with van der Waals surface area (Å²) in [7, 11) is 1.55. The van der Waals surface area contributed by atoms with Gasteiger partial charge in [0.05, 0.1) is 33.0 Å². The van der Waals surface area contributed by atoms with Crippen LogP contribution in [0, 0.1) is 5.92 Å². The molecule has 0 fully saturated rings. The number of hydrogen-bond donors (Lipinski definition) is 4. The van der Waals surface area contributed by atoms with Crippen molar-refractivity contribution < 1.29 is 57.6 Å². The van der Waals surface area contributed by atoms with E-state index >= 15 is 0 Å². The molecule has 2 atom stereocenters. The highest BCUT2D eigenvalue weighted by atomic mass is 16.5. The van der Waals surface area contributed by atoms with Gasteiger partial charge in [-0.15, -0.1) is 0 Å². The molecule has 0 aromatic heterocycles. The smallest absolute Gasteiger partial charge is 0.320 e. The molecular weight excluding hydrogens is 799 g/mol. The fraction of sp³-hybridized carbons (Fsp3) is 0.851. The monoisotopic (exact) mass is 886 g/mol. The molecular formula is C47H87N3O12. The number of hydrogen-bond acceptors (Lipinski definition) is 12. The van der Waals surface area contributed by atoms with Gasteiger partial charge in [-0.1, -0.05) is 90.4 Å². The molecule has 0 aromatic rings. The van der Waals surface area contributed by atoms with Crippen molar-refractivity contribution in [1.29, 1.82) is 0 Å². The van der Waals surface area contributed by atoms with Gasteiger partial charge in [-0.3, -0.25) is 24.0 Å². The van der Waals surface area contributed by atoms with Gasteiger partial charge in [-0.2, -0.15) is 0 Å². The van der Waals surface area contributed by atoms with Gasteiger partial charge in [0.1, 0.15) is 42.4 Å². The summed E-state index contributed by atoms with van der Waals surface area (Å²) in [4.78, 5) is 78.9. The first-order valence-electron chi connectivity index (χ1n) is 23.6. The molecule has 0 rings (SSSR count). The fourth-order valence-electron chi connectivity index (χ4n) is 6.20. The number of carbonyl (C=O) groups excluding carboxylic acids is 6. The number of carboxylic acid groups (broad SMARTS) is 1. The zero-order chi connectivity index (χ0) is 46.5. The van der Waals surface area contributed by atoms with E-state index in [0.29, 0.717) is 63.9 Å². The van der Waals surface area contributed by atoms with Crippen LogP contribution >= 0.6 is 0 Å². The normalized spacial score (nSPS) is 11.9. The average Bonchev–Trinajstić information content (AvgIpc) is 3.22. The van der Waals surface area contributed by atoms with E-state index in [0.717, 1.165) is 44.9 Å². The van der Waals surface area contributed by atoms with Crippen LogP contribution in [0.3, 0.4) is 0 Å². The van der Waals surface area contributed by atoms with E-state index in [1.165, 1.54) is 77.0 Å². The first-order chi connectivity index (χ1) is 29.8. The van der Waals surface area contributed by atoms with Crippen molar-refractivity contribution >= 4 is 40.9 Å². The number of carboxylic acids is 1. The summed E-state index contributed by atoms with van der Waals surface area (Å²) < 4.78 is 21.2. The Morgan fingerprint density at radius 1 is 0.468 bits per heavy atom. The minimum atomic E-state index is -0.970. The molecule has 0 unspecified atom stereocenters. The molecule has 0 bridgehead atoms. The number of rotatable bonds is 45. The Bertz CT molecular complexity index is 1140. The second-order valence-electron chi connectivity index (χ2n) is 16.3. The Labute approximate surface area is 374 Å². The van der Waals surface area contributed by atoms with Gasteiger partial charge < -0.3 is 49.6 Å².